The Hall–Kier alpha value is -1.91. The van der Waals surface area contributed by atoms with Crippen LogP contribution >= 0.6 is 0 Å². The predicted octanol–water partition coefficient (Wildman–Crippen LogP) is 3.60. The zero-order valence-electron chi connectivity index (χ0n) is 14.1. The first kappa shape index (κ1) is 17.4. The first-order valence-electron chi connectivity index (χ1n) is 8.26. The number of halogens is 1. The summed E-state index contributed by atoms with van der Waals surface area (Å²) in [5.41, 5.74) is 1.48. The number of amides is 1. The first-order chi connectivity index (χ1) is 11.0. The van der Waals surface area contributed by atoms with Crippen LogP contribution in [0.3, 0.4) is 0 Å². The van der Waals surface area contributed by atoms with Gasteiger partial charge in [-0.3, -0.25) is 4.79 Å². The van der Waals surface area contributed by atoms with Crippen LogP contribution in [0.25, 0.3) is 0 Å². The highest BCUT2D eigenvalue weighted by atomic mass is 19.1. The predicted molar refractivity (Wildman–Crippen MR) is 88.8 cm³/mol. The highest BCUT2D eigenvalue weighted by Gasteiger charge is 2.26. The summed E-state index contributed by atoms with van der Waals surface area (Å²) in [5.74, 6) is 0.212. The van der Waals surface area contributed by atoms with Gasteiger partial charge in [0.25, 0.3) is 0 Å². The van der Waals surface area contributed by atoms with Gasteiger partial charge >= 0.3 is 0 Å². The smallest absolute Gasteiger partial charge is 0.222 e. The van der Waals surface area contributed by atoms with Gasteiger partial charge in [0.05, 0.1) is 12.3 Å². The zero-order valence-corrected chi connectivity index (χ0v) is 14.1. The van der Waals surface area contributed by atoms with E-state index in [0.29, 0.717) is 25.3 Å². The van der Waals surface area contributed by atoms with E-state index in [1.165, 1.54) is 12.1 Å². The topological polar surface area (TPSA) is 41.9 Å². The van der Waals surface area contributed by atoms with Crippen molar-refractivity contribution >= 4 is 11.6 Å². The van der Waals surface area contributed by atoms with E-state index in [4.69, 9.17) is 4.84 Å². The number of nitrogens with zero attached hydrogens (tertiary/aromatic N) is 2. The van der Waals surface area contributed by atoms with E-state index in [0.717, 1.165) is 24.2 Å². The fourth-order valence-corrected chi connectivity index (χ4v) is 2.68. The summed E-state index contributed by atoms with van der Waals surface area (Å²) in [7, 11) is 0. The maximum atomic E-state index is 13.3. The van der Waals surface area contributed by atoms with Crippen LogP contribution in [0, 0.1) is 11.7 Å². The second-order valence-electron chi connectivity index (χ2n) is 6.42. The molecule has 23 heavy (non-hydrogen) atoms. The third-order valence-electron chi connectivity index (χ3n) is 3.74. The van der Waals surface area contributed by atoms with Crippen LogP contribution in [0.5, 0.6) is 0 Å². The van der Waals surface area contributed by atoms with Crippen molar-refractivity contribution in [3.8, 4) is 0 Å². The Bertz CT molecular complexity index is 572. The molecule has 1 amide bonds. The summed E-state index contributed by atoms with van der Waals surface area (Å²) in [6.07, 6.45) is 1.90. The minimum absolute atomic E-state index is 0.157. The Morgan fingerprint density at radius 1 is 1.48 bits per heavy atom. The van der Waals surface area contributed by atoms with Gasteiger partial charge in [-0.25, -0.2) is 4.39 Å². The molecule has 0 spiro atoms. The summed E-state index contributed by atoms with van der Waals surface area (Å²) in [6, 6.07) is 6.35. The average molecular weight is 320 g/mol. The van der Waals surface area contributed by atoms with Crippen molar-refractivity contribution in [1.29, 1.82) is 0 Å². The van der Waals surface area contributed by atoms with Crippen LogP contribution < -0.4 is 0 Å². The molecule has 0 aromatic heterocycles. The summed E-state index contributed by atoms with van der Waals surface area (Å²) in [4.78, 5) is 19.6. The standard InChI is InChI=1S/C18H25FN2O2/c1-4-8-21(18(22)9-13(2)3)12-16-11-17(20-23-16)14-6-5-7-15(19)10-14/h5-7,10,13,16H,4,8-9,11-12H2,1-3H3. The fraction of sp³-hybridized carbons (Fsp3) is 0.556. The second-order valence-corrected chi connectivity index (χ2v) is 6.42. The summed E-state index contributed by atoms with van der Waals surface area (Å²) < 4.78 is 13.3. The molecule has 1 atom stereocenters. The van der Waals surface area contributed by atoms with Gasteiger partial charge in [-0.15, -0.1) is 0 Å². The van der Waals surface area contributed by atoms with Crippen LogP contribution in [-0.4, -0.2) is 35.7 Å². The molecule has 0 fully saturated rings. The molecule has 0 saturated carbocycles. The summed E-state index contributed by atoms with van der Waals surface area (Å²) in [5, 5.41) is 4.07. The highest BCUT2D eigenvalue weighted by Crippen LogP contribution is 2.19. The van der Waals surface area contributed by atoms with Crippen LogP contribution in [0.1, 0.15) is 45.6 Å². The maximum absolute atomic E-state index is 13.3. The van der Waals surface area contributed by atoms with Gasteiger partial charge in [0, 0.05) is 24.9 Å². The van der Waals surface area contributed by atoms with Crippen LogP contribution in [0.4, 0.5) is 4.39 Å². The largest absolute Gasteiger partial charge is 0.390 e. The third kappa shape index (κ3) is 5.05. The number of hydrogen-bond donors (Lipinski definition) is 0. The lowest BCUT2D eigenvalue weighted by Gasteiger charge is -2.25. The van der Waals surface area contributed by atoms with Gasteiger partial charge in [-0.2, -0.15) is 0 Å². The molecule has 4 nitrogen and oxygen atoms in total. The molecule has 1 unspecified atom stereocenters. The first-order valence-corrected chi connectivity index (χ1v) is 8.26. The van der Waals surface area contributed by atoms with E-state index < -0.39 is 0 Å². The molecule has 1 aromatic carbocycles. The highest BCUT2D eigenvalue weighted by molar-refractivity contribution is 6.01. The van der Waals surface area contributed by atoms with Gasteiger partial charge in [0.2, 0.25) is 5.91 Å². The molecule has 0 aliphatic carbocycles. The van der Waals surface area contributed by atoms with Crippen molar-refractivity contribution in [3.05, 3.63) is 35.6 Å². The number of carbonyl (C=O) groups excluding carboxylic acids is 1. The maximum Gasteiger partial charge on any atom is 0.222 e. The molecule has 0 bridgehead atoms. The summed E-state index contributed by atoms with van der Waals surface area (Å²) >= 11 is 0. The lowest BCUT2D eigenvalue weighted by Crippen LogP contribution is -2.38. The molecular formula is C18H25FN2O2. The molecule has 1 heterocycles. The Balaban J connectivity index is 1.94. The lowest BCUT2D eigenvalue weighted by molar-refractivity contribution is -0.133. The molecule has 1 aliphatic heterocycles. The number of hydrogen-bond acceptors (Lipinski definition) is 3. The van der Waals surface area contributed by atoms with E-state index in [-0.39, 0.29) is 17.8 Å². The van der Waals surface area contributed by atoms with E-state index in [1.54, 1.807) is 6.07 Å². The average Bonchev–Trinajstić information content (AvgIpc) is 2.95. The van der Waals surface area contributed by atoms with Crippen molar-refractivity contribution in [2.24, 2.45) is 11.1 Å². The van der Waals surface area contributed by atoms with Gasteiger partial charge in [0.1, 0.15) is 5.82 Å². The van der Waals surface area contributed by atoms with Crippen LogP contribution in [0.2, 0.25) is 0 Å². The molecule has 1 aromatic rings. The Kier molecular flexibility index (Phi) is 6.13. The molecule has 5 heteroatoms. The quantitative estimate of drug-likeness (QED) is 0.770. The minimum Gasteiger partial charge on any atom is -0.390 e. The minimum atomic E-state index is -0.284. The molecule has 0 saturated heterocycles. The lowest BCUT2D eigenvalue weighted by atomic mass is 10.0. The van der Waals surface area contributed by atoms with E-state index >= 15 is 0 Å². The SMILES string of the molecule is CCCN(CC1CC(c2cccc(F)c2)=NO1)C(=O)CC(C)C. The monoisotopic (exact) mass is 320 g/mol. The molecular weight excluding hydrogens is 295 g/mol. The Morgan fingerprint density at radius 3 is 2.91 bits per heavy atom. The molecule has 0 radical (unpaired) electrons. The van der Waals surface area contributed by atoms with Crippen molar-refractivity contribution in [2.75, 3.05) is 13.1 Å². The van der Waals surface area contributed by atoms with Gasteiger partial charge in [0.15, 0.2) is 6.10 Å². The van der Waals surface area contributed by atoms with Crippen molar-refractivity contribution < 1.29 is 14.0 Å². The normalized spacial score (nSPS) is 17.1. The van der Waals surface area contributed by atoms with E-state index in [9.17, 15) is 9.18 Å². The number of rotatable bonds is 7. The van der Waals surface area contributed by atoms with Crippen LogP contribution in [0.15, 0.2) is 29.4 Å². The number of carbonyl (C=O) groups is 1. The zero-order chi connectivity index (χ0) is 16.8. The van der Waals surface area contributed by atoms with Gasteiger partial charge in [-0.1, -0.05) is 38.1 Å². The van der Waals surface area contributed by atoms with Gasteiger partial charge in [-0.05, 0) is 24.5 Å². The second kappa shape index (κ2) is 8.09. The van der Waals surface area contributed by atoms with E-state index in [1.807, 2.05) is 24.8 Å². The van der Waals surface area contributed by atoms with Crippen LogP contribution in [-0.2, 0) is 9.63 Å². The molecule has 0 N–H and O–H groups in total. The number of benzene rings is 1. The molecule has 2 rings (SSSR count). The fourth-order valence-electron chi connectivity index (χ4n) is 2.68. The summed E-state index contributed by atoms with van der Waals surface area (Å²) in [6.45, 7) is 7.39. The Morgan fingerprint density at radius 2 is 2.26 bits per heavy atom. The van der Waals surface area contributed by atoms with Gasteiger partial charge < -0.3 is 9.74 Å². The molecule has 126 valence electrons. The van der Waals surface area contributed by atoms with Crippen molar-refractivity contribution in [2.45, 2.75) is 46.1 Å². The van der Waals surface area contributed by atoms with E-state index in [2.05, 4.69) is 12.1 Å². The van der Waals surface area contributed by atoms with Crippen molar-refractivity contribution in [1.82, 2.24) is 4.90 Å². The third-order valence-corrected chi connectivity index (χ3v) is 3.74. The van der Waals surface area contributed by atoms with Crippen molar-refractivity contribution in [3.63, 3.8) is 0 Å². The number of oxime groups is 1. The molecule has 1 aliphatic rings. The Labute approximate surface area is 137 Å².